The summed E-state index contributed by atoms with van der Waals surface area (Å²) >= 11 is 0. The Morgan fingerprint density at radius 2 is 1.67 bits per heavy atom. The highest BCUT2D eigenvalue weighted by molar-refractivity contribution is 6.00. The number of furan rings is 1. The van der Waals surface area contributed by atoms with Gasteiger partial charge in [-0.15, -0.1) is 0 Å². The highest BCUT2D eigenvalue weighted by atomic mass is 16.3. The van der Waals surface area contributed by atoms with Crippen LogP contribution in [0.5, 0.6) is 0 Å². The Morgan fingerprint density at radius 3 is 2.62 bits per heavy atom. The van der Waals surface area contributed by atoms with Gasteiger partial charge >= 0.3 is 0 Å². The molecule has 2 aromatic carbocycles. The highest BCUT2D eigenvalue weighted by Crippen LogP contribution is 2.35. The zero-order chi connectivity index (χ0) is 15.9. The van der Waals surface area contributed by atoms with Crippen molar-refractivity contribution in [2.75, 3.05) is 0 Å². The summed E-state index contributed by atoms with van der Waals surface area (Å²) in [7, 11) is 0. The van der Waals surface area contributed by atoms with Crippen LogP contribution in [0.1, 0.15) is 0 Å². The molecule has 0 atom stereocenters. The Hall–Kier alpha value is -3.47. The fourth-order valence-corrected chi connectivity index (χ4v) is 3.09. The number of pyridine rings is 1. The van der Waals surface area contributed by atoms with Crippen LogP contribution in [0, 0.1) is 0 Å². The van der Waals surface area contributed by atoms with Crippen molar-refractivity contribution in [1.82, 2.24) is 20.4 Å². The van der Waals surface area contributed by atoms with E-state index in [0.717, 1.165) is 44.4 Å². The quantitative estimate of drug-likeness (QED) is 0.523. The highest BCUT2D eigenvalue weighted by Gasteiger charge is 2.18. The van der Waals surface area contributed by atoms with Gasteiger partial charge in [-0.3, -0.25) is 4.98 Å². The van der Waals surface area contributed by atoms with Crippen molar-refractivity contribution in [1.29, 1.82) is 0 Å². The van der Waals surface area contributed by atoms with E-state index in [2.05, 4.69) is 20.4 Å². The lowest BCUT2D eigenvalue weighted by atomic mass is 10.0. The van der Waals surface area contributed by atoms with Crippen LogP contribution >= 0.6 is 0 Å². The maximum atomic E-state index is 5.66. The minimum atomic E-state index is 0.770. The zero-order valence-corrected chi connectivity index (χ0v) is 12.6. The minimum absolute atomic E-state index is 0.770. The fourth-order valence-electron chi connectivity index (χ4n) is 3.09. The molecule has 3 heterocycles. The molecule has 0 unspecified atom stereocenters. The Kier molecular flexibility index (Phi) is 2.72. The van der Waals surface area contributed by atoms with Crippen LogP contribution < -0.4 is 0 Å². The van der Waals surface area contributed by atoms with E-state index in [9.17, 15) is 0 Å². The van der Waals surface area contributed by atoms with E-state index in [1.807, 2.05) is 54.6 Å². The van der Waals surface area contributed by atoms with E-state index in [1.54, 1.807) is 12.5 Å². The van der Waals surface area contributed by atoms with Gasteiger partial charge in [-0.1, -0.05) is 30.3 Å². The van der Waals surface area contributed by atoms with E-state index in [-0.39, 0.29) is 0 Å². The number of aromatic amines is 1. The summed E-state index contributed by atoms with van der Waals surface area (Å²) in [5, 5.41) is 13.6. The first-order valence-electron chi connectivity index (χ1n) is 7.63. The van der Waals surface area contributed by atoms with Crippen molar-refractivity contribution in [2.24, 2.45) is 0 Å². The number of hydrogen-bond acceptors (Lipinski definition) is 4. The molecule has 0 aliphatic rings. The molecule has 0 saturated carbocycles. The lowest BCUT2D eigenvalue weighted by Gasteiger charge is -2.05. The Morgan fingerprint density at radius 1 is 0.792 bits per heavy atom. The van der Waals surface area contributed by atoms with Gasteiger partial charge in [0.25, 0.3) is 0 Å². The maximum absolute atomic E-state index is 5.66. The van der Waals surface area contributed by atoms with Crippen LogP contribution in [0.3, 0.4) is 0 Å². The van der Waals surface area contributed by atoms with Crippen molar-refractivity contribution >= 4 is 21.9 Å². The number of hydrogen-bond donors (Lipinski definition) is 1. The molecule has 0 radical (unpaired) electrons. The largest absolute Gasteiger partial charge is 0.464 e. The molecule has 0 amide bonds. The number of aromatic nitrogens is 4. The zero-order valence-electron chi connectivity index (χ0n) is 12.6. The lowest BCUT2D eigenvalue weighted by molar-refractivity contribution is 0.616. The van der Waals surface area contributed by atoms with Crippen LogP contribution in [0.4, 0.5) is 0 Å². The number of rotatable bonds is 2. The van der Waals surface area contributed by atoms with Gasteiger partial charge in [0, 0.05) is 28.1 Å². The van der Waals surface area contributed by atoms with Crippen LogP contribution in [0.15, 0.2) is 71.5 Å². The standard InChI is InChI=1S/C19H12N4O/c1-2-7-16-13(5-1)14(8-10-20-16)17-18(22-23-21-17)15-6-3-4-12-9-11-24-19(12)15/h1-11H,(H,21,22,23). The van der Waals surface area contributed by atoms with E-state index >= 15 is 0 Å². The van der Waals surface area contributed by atoms with Gasteiger partial charge in [0.1, 0.15) is 17.0 Å². The molecular weight excluding hydrogens is 300 g/mol. The number of nitrogens with zero attached hydrogens (tertiary/aromatic N) is 3. The van der Waals surface area contributed by atoms with Gasteiger partial charge in [0.2, 0.25) is 0 Å². The summed E-state index contributed by atoms with van der Waals surface area (Å²) < 4.78 is 5.66. The summed E-state index contributed by atoms with van der Waals surface area (Å²) in [5.41, 5.74) is 5.21. The second-order valence-corrected chi connectivity index (χ2v) is 5.54. The van der Waals surface area contributed by atoms with Crippen molar-refractivity contribution in [3.05, 3.63) is 67.1 Å². The number of nitrogens with one attached hydrogen (secondary N) is 1. The third-order valence-electron chi connectivity index (χ3n) is 4.19. The number of benzene rings is 2. The average Bonchev–Trinajstić information content (AvgIpc) is 3.30. The predicted octanol–water partition coefficient (Wildman–Crippen LogP) is 4.43. The summed E-state index contributed by atoms with van der Waals surface area (Å²) in [5.74, 6) is 0. The van der Waals surface area contributed by atoms with E-state index < -0.39 is 0 Å². The molecule has 0 aliphatic heterocycles. The van der Waals surface area contributed by atoms with Gasteiger partial charge < -0.3 is 4.42 Å². The van der Waals surface area contributed by atoms with Gasteiger partial charge in [-0.25, -0.2) is 0 Å². The fraction of sp³-hybridized carbons (Fsp3) is 0. The summed E-state index contributed by atoms with van der Waals surface area (Å²) in [4.78, 5) is 4.42. The van der Waals surface area contributed by atoms with Crippen LogP contribution in [-0.4, -0.2) is 20.4 Å². The molecule has 0 spiro atoms. The molecule has 1 N–H and O–H groups in total. The van der Waals surface area contributed by atoms with Crippen molar-refractivity contribution < 1.29 is 4.42 Å². The summed E-state index contributed by atoms with van der Waals surface area (Å²) in [6, 6.07) is 17.9. The molecule has 0 saturated heterocycles. The van der Waals surface area contributed by atoms with Crippen molar-refractivity contribution in [2.45, 2.75) is 0 Å². The summed E-state index contributed by atoms with van der Waals surface area (Å²) in [6.07, 6.45) is 3.49. The molecule has 5 nitrogen and oxygen atoms in total. The van der Waals surface area contributed by atoms with Gasteiger partial charge in [-0.05, 0) is 24.3 Å². The number of fused-ring (bicyclic) bond motifs is 2. The first-order chi connectivity index (χ1) is 11.9. The smallest absolute Gasteiger partial charge is 0.143 e. The molecule has 5 rings (SSSR count). The normalized spacial score (nSPS) is 11.3. The minimum Gasteiger partial charge on any atom is -0.464 e. The average molecular weight is 312 g/mol. The molecule has 3 aromatic heterocycles. The Labute approximate surface area is 137 Å². The van der Waals surface area contributed by atoms with Crippen molar-refractivity contribution in [3.63, 3.8) is 0 Å². The first-order valence-corrected chi connectivity index (χ1v) is 7.63. The number of H-pyrrole nitrogens is 1. The Bertz CT molecular complexity index is 1170. The summed E-state index contributed by atoms with van der Waals surface area (Å²) in [6.45, 7) is 0. The third-order valence-corrected chi connectivity index (χ3v) is 4.19. The SMILES string of the molecule is c1cc(-c2n[nH]nc2-c2ccnc3ccccc23)c2occc2c1. The van der Waals surface area contributed by atoms with Gasteiger partial charge in [-0.2, -0.15) is 15.4 Å². The molecule has 24 heavy (non-hydrogen) atoms. The maximum Gasteiger partial charge on any atom is 0.143 e. The topological polar surface area (TPSA) is 67.6 Å². The first kappa shape index (κ1) is 13.0. The van der Waals surface area contributed by atoms with E-state index in [0.29, 0.717) is 0 Å². The van der Waals surface area contributed by atoms with Gasteiger partial charge in [0.05, 0.1) is 11.8 Å². The molecule has 5 aromatic rings. The number of para-hydroxylation sites is 2. The van der Waals surface area contributed by atoms with Crippen LogP contribution in [-0.2, 0) is 0 Å². The second kappa shape index (κ2) is 5.03. The van der Waals surface area contributed by atoms with E-state index in [4.69, 9.17) is 4.42 Å². The molecule has 5 heteroatoms. The molecule has 0 bridgehead atoms. The van der Waals surface area contributed by atoms with Gasteiger partial charge in [0.15, 0.2) is 0 Å². The van der Waals surface area contributed by atoms with Crippen LogP contribution in [0.25, 0.3) is 44.4 Å². The molecular formula is C19H12N4O. The second-order valence-electron chi connectivity index (χ2n) is 5.54. The van der Waals surface area contributed by atoms with E-state index in [1.165, 1.54) is 0 Å². The molecule has 114 valence electrons. The predicted molar refractivity (Wildman–Crippen MR) is 92.3 cm³/mol. The van der Waals surface area contributed by atoms with Crippen LogP contribution in [0.2, 0.25) is 0 Å². The monoisotopic (exact) mass is 312 g/mol. The van der Waals surface area contributed by atoms with Crippen molar-refractivity contribution in [3.8, 4) is 22.5 Å². The molecule has 0 fully saturated rings. The third kappa shape index (κ3) is 1.85. The Balaban J connectivity index is 1.80. The molecule has 0 aliphatic carbocycles. The lowest BCUT2D eigenvalue weighted by Crippen LogP contribution is -1.88.